The topological polar surface area (TPSA) is 43.4 Å². The Morgan fingerprint density at radius 2 is 1.87 bits per heavy atom. The fraction of sp³-hybridized carbons (Fsp3) is 0.200. The standard InChI is InChI=1S/C20H18O3/c1-14-10-12-18(20-16(14)8-5-9-17(20)21)23-19(22)13-11-15-6-3-2-4-7-15/h2-4,6-7,10-13H,5,8-9H2,1H3/b13-11+. The minimum absolute atomic E-state index is 0.0600. The number of Topliss-reactive ketones (excluding diaryl/α,β-unsaturated/α-hetero) is 1. The highest BCUT2D eigenvalue weighted by Gasteiger charge is 2.24. The van der Waals surface area contributed by atoms with E-state index in [1.165, 1.54) is 6.08 Å². The quantitative estimate of drug-likeness (QED) is 0.486. The van der Waals surface area contributed by atoms with Crippen molar-refractivity contribution in [3.05, 3.63) is 70.8 Å². The molecule has 2 aromatic rings. The second kappa shape index (κ2) is 6.61. The van der Waals surface area contributed by atoms with E-state index in [1.54, 1.807) is 12.1 Å². The van der Waals surface area contributed by atoms with Crippen LogP contribution in [0.3, 0.4) is 0 Å². The molecule has 0 spiro atoms. The second-order valence-corrected chi connectivity index (χ2v) is 5.68. The molecule has 23 heavy (non-hydrogen) atoms. The average molecular weight is 306 g/mol. The maximum Gasteiger partial charge on any atom is 0.336 e. The first-order valence-electron chi connectivity index (χ1n) is 7.76. The van der Waals surface area contributed by atoms with Crippen LogP contribution in [0, 0.1) is 6.92 Å². The molecule has 0 saturated heterocycles. The number of ether oxygens (including phenoxy) is 1. The third-order valence-corrected chi connectivity index (χ3v) is 4.04. The van der Waals surface area contributed by atoms with E-state index >= 15 is 0 Å². The fourth-order valence-corrected chi connectivity index (χ4v) is 2.86. The van der Waals surface area contributed by atoms with E-state index in [4.69, 9.17) is 4.74 Å². The summed E-state index contributed by atoms with van der Waals surface area (Å²) in [4.78, 5) is 24.3. The average Bonchev–Trinajstić information content (AvgIpc) is 2.57. The minimum Gasteiger partial charge on any atom is -0.423 e. The van der Waals surface area contributed by atoms with Crippen LogP contribution in [0.2, 0.25) is 0 Å². The predicted octanol–water partition coefficient (Wildman–Crippen LogP) is 4.13. The Hall–Kier alpha value is -2.68. The van der Waals surface area contributed by atoms with Crippen molar-refractivity contribution in [2.45, 2.75) is 26.2 Å². The Labute approximate surface area is 135 Å². The SMILES string of the molecule is Cc1ccc(OC(=O)/C=C/c2ccccc2)c2c1CCCC2=O. The van der Waals surface area contributed by atoms with Crippen LogP contribution in [-0.2, 0) is 11.2 Å². The number of carbonyl (C=O) groups is 2. The van der Waals surface area contributed by atoms with Crippen LogP contribution < -0.4 is 4.74 Å². The van der Waals surface area contributed by atoms with Gasteiger partial charge < -0.3 is 4.74 Å². The molecule has 0 saturated carbocycles. The predicted molar refractivity (Wildman–Crippen MR) is 89.6 cm³/mol. The van der Waals surface area contributed by atoms with Crippen LogP contribution in [0.25, 0.3) is 6.08 Å². The molecule has 1 aliphatic rings. The first-order valence-corrected chi connectivity index (χ1v) is 7.76. The molecule has 1 aliphatic carbocycles. The smallest absolute Gasteiger partial charge is 0.336 e. The lowest BCUT2D eigenvalue weighted by Crippen LogP contribution is -2.16. The summed E-state index contributed by atoms with van der Waals surface area (Å²) >= 11 is 0. The van der Waals surface area contributed by atoms with Crippen LogP contribution in [0.15, 0.2) is 48.5 Å². The van der Waals surface area contributed by atoms with E-state index < -0.39 is 5.97 Å². The molecule has 0 bridgehead atoms. The number of rotatable bonds is 3. The molecule has 0 atom stereocenters. The Morgan fingerprint density at radius 1 is 1.09 bits per heavy atom. The number of ketones is 1. The highest BCUT2D eigenvalue weighted by atomic mass is 16.5. The highest BCUT2D eigenvalue weighted by Crippen LogP contribution is 2.32. The Balaban J connectivity index is 1.82. The van der Waals surface area contributed by atoms with Crippen molar-refractivity contribution in [3.8, 4) is 5.75 Å². The molecule has 0 amide bonds. The number of benzene rings is 2. The zero-order valence-corrected chi connectivity index (χ0v) is 13.0. The van der Waals surface area contributed by atoms with Crippen LogP contribution >= 0.6 is 0 Å². The molecule has 0 aromatic heterocycles. The minimum atomic E-state index is -0.474. The van der Waals surface area contributed by atoms with Crippen molar-refractivity contribution in [2.75, 3.05) is 0 Å². The summed E-state index contributed by atoms with van der Waals surface area (Å²) in [5, 5.41) is 0. The first-order chi connectivity index (χ1) is 11.1. The van der Waals surface area contributed by atoms with Gasteiger partial charge in [0.25, 0.3) is 0 Å². The monoisotopic (exact) mass is 306 g/mol. The number of hydrogen-bond donors (Lipinski definition) is 0. The van der Waals surface area contributed by atoms with Gasteiger partial charge in [-0.2, -0.15) is 0 Å². The van der Waals surface area contributed by atoms with Gasteiger partial charge in [-0.05, 0) is 48.6 Å². The highest BCUT2D eigenvalue weighted by molar-refractivity contribution is 6.02. The molecule has 0 radical (unpaired) electrons. The van der Waals surface area contributed by atoms with Crippen molar-refractivity contribution in [2.24, 2.45) is 0 Å². The molecule has 0 fully saturated rings. The third kappa shape index (κ3) is 3.39. The van der Waals surface area contributed by atoms with E-state index in [0.29, 0.717) is 17.7 Å². The van der Waals surface area contributed by atoms with Gasteiger partial charge in [-0.25, -0.2) is 4.79 Å². The van der Waals surface area contributed by atoms with Crippen LogP contribution in [0.1, 0.15) is 39.9 Å². The van der Waals surface area contributed by atoms with Gasteiger partial charge in [-0.1, -0.05) is 36.4 Å². The van der Waals surface area contributed by atoms with Crippen molar-refractivity contribution < 1.29 is 14.3 Å². The third-order valence-electron chi connectivity index (χ3n) is 4.04. The van der Waals surface area contributed by atoms with Gasteiger partial charge in [0, 0.05) is 12.5 Å². The zero-order chi connectivity index (χ0) is 16.2. The Kier molecular flexibility index (Phi) is 4.38. The fourth-order valence-electron chi connectivity index (χ4n) is 2.86. The number of carbonyl (C=O) groups excluding carboxylic acids is 2. The van der Waals surface area contributed by atoms with E-state index in [9.17, 15) is 9.59 Å². The first kappa shape index (κ1) is 15.2. The van der Waals surface area contributed by atoms with Crippen molar-refractivity contribution >= 4 is 17.8 Å². The van der Waals surface area contributed by atoms with Gasteiger partial charge in [-0.15, -0.1) is 0 Å². The van der Waals surface area contributed by atoms with Gasteiger partial charge >= 0.3 is 5.97 Å². The van der Waals surface area contributed by atoms with Crippen LogP contribution in [-0.4, -0.2) is 11.8 Å². The Morgan fingerprint density at radius 3 is 2.65 bits per heavy atom. The van der Waals surface area contributed by atoms with E-state index in [-0.39, 0.29) is 5.78 Å². The second-order valence-electron chi connectivity index (χ2n) is 5.68. The summed E-state index contributed by atoms with van der Waals surface area (Å²) in [6, 6.07) is 13.1. The largest absolute Gasteiger partial charge is 0.423 e. The van der Waals surface area contributed by atoms with E-state index in [0.717, 1.165) is 29.5 Å². The summed E-state index contributed by atoms with van der Waals surface area (Å²) in [5.41, 5.74) is 3.59. The lowest BCUT2D eigenvalue weighted by atomic mass is 9.87. The maximum absolute atomic E-state index is 12.2. The summed E-state index contributed by atoms with van der Waals surface area (Å²) in [7, 11) is 0. The number of aryl methyl sites for hydroxylation is 1. The molecule has 0 N–H and O–H groups in total. The molecule has 3 rings (SSSR count). The lowest BCUT2D eigenvalue weighted by molar-refractivity contribution is -0.128. The maximum atomic E-state index is 12.2. The van der Waals surface area contributed by atoms with Crippen LogP contribution in [0.5, 0.6) is 5.75 Å². The van der Waals surface area contributed by atoms with E-state index in [1.807, 2.05) is 43.3 Å². The molecule has 0 unspecified atom stereocenters. The van der Waals surface area contributed by atoms with Gasteiger partial charge in [0.15, 0.2) is 5.78 Å². The molecular weight excluding hydrogens is 288 g/mol. The number of esters is 1. The molecule has 0 heterocycles. The van der Waals surface area contributed by atoms with Crippen molar-refractivity contribution in [1.82, 2.24) is 0 Å². The van der Waals surface area contributed by atoms with Gasteiger partial charge in [0.05, 0.1) is 5.56 Å². The molecule has 3 heteroatoms. The Bertz CT molecular complexity index is 773. The summed E-state index contributed by atoms with van der Waals surface area (Å²) in [6.45, 7) is 1.98. The van der Waals surface area contributed by atoms with Crippen molar-refractivity contribution in [1.29, 1.82) is 0 Å². The van der Waals surface area contributed by atoms with Crippen molar-refractivity contribution in [3.63, 3.8) is 0 Å². The summed E-state index contributed by atoms with van der Waals surface area (Å²) in [6.07, 6.45) is 5.32. The number of hydrogen-bond acceptors (Lipinski definition) is 3. The summed E-state index contributed by atoms with van der Waals surface area (Å²) in [5.74, 6) is -0.0407. The van der Waals surface area contributed by atoms with Gasteiger partial charge in [0.2, 0.25) is 0 Å². The number of fused-ring (bicyclic) bond motifs is 1. The lowest BCUT2D eigenvalue weighted by Gasteiger charge is -2.19. The molecule has 0 aliphatic heterocycles. The van der Waals surface area contributed by atoms with E-state index in [2.05, 4.69) is 0 Å². The van der Waals surface area contributed by atoms with Gasteiger partial charge in [0.1, 0.15) is 5.75 Å². The van der Waals surface area contributed by atoms with Gasteiger partial charge in [-0.3, -0.25) is 4.79 Å². The zero-order valence-electron chi connectivity index (χ0n) is 13.0. The normalized spacial score (nSPS) is 13.9. The van der Waals surface area contributed by atoms with Crippen LogP contribution in [0.4, 0.5) is 0 Å². The molecule has 2 aromatic carbocycles. The molecular formula is C20H18O3. The molecule has 116 valence electrons. The molecule has 3 nitrogen and oxygen atoms in total. The summed E-state index contributed by atoms with van der Waals surface area (Å²) < 4.78 is 5.41.